The van der Waals surface area contributed by atoms with Crippen LogP contribution < -0.4 is 5.73 Å². The van der Waals surface area contributed by atoms with Crippen molar-refractivity contribution in [3.63, 3.8) is 0 Å². The molecule has 0 saturated carbocycles. The second kappa shape index (κ2) is 5.98. The summed E-state index contributed by atoms with van der Waals surface area (Å²) in [7, 11) is 0. The van der Waals surface area contributed by atoms with Gasteiger partial charge in [-0.2, -0.15) is 0 Å². The van der Waals surface area contributed by atoms with Crippen LogP contribution >= 0.6 is 11.8 Å². The molecule has 0 saturated heterocycles. The zero-order chi connectivity index (χ0) is 13.0. The Bertz CT molecular complexity index is 543. The fraction of sp³-hybridized carbons (Fsp3) is 0.143. The van der Waals surface area contributed by atoms with Crippen molar-refractivity contribution in [1.82, 2.24) is 0 Å². The van der Waals surface area contributed by atoms with E-state index in [1.54, 1.807) is 6.07 Å². The molecule has 0 unspecified atom stereocenters. The van der Waals surface area contributed by atoms with Crippen molar-refractivity contribution in [2.24, 2.45) is 5.73 Å². The van der Waals surface area contributed by atoms with Crippen molar-refractivity contribution in [2.75, 3.05) is 0 Å². The van der Waals surface area contributed by atoms with Crippen LogP contribution in [0, 0.1) is 11.6 Å². The molecule has 1 nitrogen and oxygen atoms in total. The van der Waals surface area contributed by atoms with Crippen molar-refractivity contribution >= 4 is 11.8 Å². The molecule has 0 aromatic heterocycles. The lowest BCUT2D eigenvalue weighted by Crippen LogP contribution is -1.96. The molecule has 0 aliphatic carbocycles. The Kier molecular flexibility index (Phi) is 4.33. The first-order chi connectivity index (χ1) is 8.70. The van der Waals surface area contributed by atoms with E-state index in [-0.39, 0.29) is 0 Å². The summed E-state index contributed by atoms with van der Waals surface area (Å²) in [5, 5.41) is 0. The first-order valence-corrected chi connectivity index (χ1v) is 6.54. The lowest BCUT2D eigenvalue weighted by atomic mass is 10.2. The molecule has 0 amide bonds. The highest BCUT2D eigenvalue weighted by atomic mass is 32.2. The average molecular weight is 265 g/mol. The Hall–Kier alpha value is -1.39. The van der Waals surface area contributed by atoms with E-state index in [9.17, 15) is 8.78 Å². The maximum absolute atomic E-state index is 13.4. The van der Waals surface area contributed by atoms with E-state index < -0.39 is 11.6 Å². The van der Waals surface area contributed by atoms with Gasteiger partial charge in [-0.05, 0) is 23.8 Å². The van der Waals surface area contributed by atoms with Crippen LogP contribution in [0.2, 0.25) is 0 Å². The minimum atomic E-state index is -0.802. The normalized spacial score (nSPS) is 10.6. The lowest BCUT2D eigenvalue weighted by Gasteiger charge is -2.05. The van der Waals surface area contributed by atoms with Crippen LogP contribution in [0.5, 0.6) is 0 Å². The fourth-order valence-corrected chi connectivity index (χ4v) is 2.54. The smallest absolute Gasteiger partial charge is 0.162 e. The molecule has 2 aromatic rings. The fourth-order valence-electron chi connectivity index (χ4n) is 1.58. The van der Waals surface area contributed by atoms with Gasteiger partial charge in [0.15, 0.2) is 11.6 Å². The summed E-state index contributed by atoms with van der Waals surface area (Å²) >= 11 is 1.46. The van der Waals surface area contributed by atoms with E-state index in [0.717, 1.165) is 16.5 Å². The van der Waals surface area contributed by atoms with Crippen LogP contribution in [0.4, 0.5) is 8.78 Å². The van der Waals surface area contributed by atoms with E-state index in [2.05, 4.69) is 0 Å². The van der Waals surface area contributed by atoms with E-state index in [1.807, 2.05) is 24.3 Å². The summed E-state index contributed by atoms with van der Waals surface area (Å²) in [4.78, 5) is 1.00. The van der Waals surface area contributed by atoms with Crippen LogP contribution in [0.3, 0.4) is 0 Å². The molecule has 2 N–H and O–H groups in total. The molecule has 0 bridgehead atoms. The van der Waals surface area contributed by atoms with Gasteiger partial charge in [-0.1, -0.05) is 24.3 Å². The highest BCUT2D eigenvalue weighted by molar-refractivity contribution is 7.98. The van der Waals surface area contributed by atoms with Crippen molar-refractivity contribution < 1.29 is 8.78 Å². The first-order valence-electron chi connectivity index (χ1n) is 5.55. The predicted octanol–water partition coefficient (Wildman–Crippen LogP) is 3.72. The van der Waals surface area contributed by atoms with E-state index in [1.165, 1.54) is 17.8 Å². The van der Waals surface area contributed by atoms with Gasteiger partial charge in [0.2, 0.25) is 0 Å². The van der Waals surface area contributed by atoms with Crippen LogP contribution in [0.25, 0.3) is 0 Å². The minimum Gasteiger partial charge on any atom is -0.326 e. The molecule has 94 valence electrons. The number of benzene rings is 2. The Labute approximate surface area is 109 Å². The number of hydrogen-bond acceptors (Lipinski definition) is 2. The summed E-state index contributed by atoms with van der Waals surface area (Å²) in [6.45, 7) is 0.475. The van der Waals surface area contributed by atoms with Crippen LogP contribution in [0.15, 0.2) is 47.4 Å². The van der Waals surface area contributed by atoms with Gasteiger partial charge in [0.1, 0.15) is 0 Å². The summed E-state index contributed by atoms with van der Waals surface area (Å²) in [6, 6.07) is 12.0. The van der Waals surface area contributed by atoms with Crippen molar-refractivity contribution in [3.05, 3.63) is 65.2 Å². The number of thioether (sulfide) groups is 1. The maximum atomic E-state index is 13.4. The summed E-state index contributed by atoms with van der Waals surface area (Å²) < 4.78 is 26.5. The van der Waals surface area contributed by atoms with Gasteiger partial charge >= 0.3 is 0 Å². The van der Waals surface area contributed by atoms with Crippen LogP contribution in [-0.4, -0.2) is 0 Å². The lowest BCUT2D eigenvalue weighted by molar-refractivity contribution is 0.502. The van der Waals surface area contributed by atoms with Gasteiger partial charge in [-0.3, -0.25) is 0 Å². The van der Waals surface area contributed by atoms with Crippen LogP contribution in [0.1, 0.15) is 11.1 Å². The predicted molar refractivity (Wildman–Crippen MR) is 70.3 cm³/mol. The van der Waals surface area contributed by atoms with Crippen molar-refractivity contribution in [1.29, 1.82) is 0 Å². The third-order valence-corrected chi connectivity index (χ3v) is 3.60. The van der Waals surface area contributed by atoms with Gasteiger partial charge in [0.25, 0.3) is 0 Å². The van der Waals surface area contributed by atoms with Crippen LogP contribution in [-0.2, 0) is 12.3 Å². The largest absolute Gasteiger partial charge is 0.326 e. The number of halogens is 2. The van der Waals surface area contributed by atoms with E-state index in [0.29, 0.717) is 17.9 Å². The third kappa shape index (κ3) is 3.09. The molecule has 2 aromatic carbocycles. The molecule has 0 aliphatic heterocycles. The quantitative estimate of drug-likeness (QED) is 0.853. The Morgan fingerprint density at radius 2 is 1.83 bits per heavy atom. The van der Waals surface area contributed by atoms with E-state index in [4.69, 9.17) is 5.73 Å². The molecule has 0 fully saturated rings. The maximum Gasteiger partial charge on any atom is 0.162 e. The van der Waals surface area contributed by atoms with Gasteiger partial charge in [-0.25, -0.2) is 8.78 Å². The Balaban J connectivity index is 2.09. The first kappa shape index (κ1) is 13.1. The highest BCUT2D eigenvalue weighted by Crippen LogP contribution is 2.25. The third-order valence-electron chi connectivity index (χ3n) is 2.56. The monoisotopic (exact) mass is 265 g/mol. The molecule has 2 rings (SSSR count). The molecule has 4 heteroatoms. The molecule has 0 heterocycles. The molecule has 0 radical (unpaired) electrons. The molecule has 18 heavy (non-hydrogen) atoms. The second-order valence-corrected chi connectivity index (χ2v) is 4.90. The number of rotatable bonds is 4. The van der Waals surface area contributed by atoms with Crippen molar-refractivity contribution in [2.45, 2.75) is 17.2 Å². The van der Waals surface area contributed by atoms with Gasteiger partial charge in [-0.15, -0.1) is 11.8 Å². The Morgan fingerprint density at radius 1 is 1.06 bits per heavy atom. The topological polar surface area (TPSA) is 26.0 Å². The summed E-state index contributed by atoms with van der Waals surface area (Å²) in [6.07, 6.45) is 0. The van der Waals surface area contributed by atoms with E-state index >= 15 is 0 Å². The molecular formula is C14H13F2NS. The zero-order valence-corrected chi connectivity index (χ0v) is 10.5. The zero-order valence-electron chi connectivity index (χ0n) is 9.70. The SMILES string of the molecule is NCc1cccc(SCc2cccc(F)c2F)c1. The summed E-state index contributed by atoms with van der Waals surface area (Å²) in [5.41, 5.74) is 6.95. The standard InChI is InChI=1S/C14H13F2NS/c15-13-6-2-4-11(14(13)16)9-18-12-5-1-3-10(7-12)8-17/h1-7H,8-9,17H2. The van der Waals surface area contributed by atoms with Crippen molar-refractivity contribution in [3.8, 4) is 0 Å². The Morgan fingerprint density at radius 3 is 2.61 bits per heavy atom. The molecule has 0 aliphatic rings. The molecule has 0 spiro atoms. The minimum absolute atomic E-state index is 0.373. The molecule has 0 atom stereocenters. The number of nitrogens with two attached hydrogens (primary N) is 1. The average Bonchev–Trinajstić information content (AvgIpc) is 2.41. The van der Waals surface area contributed by atoms with Gasteiger partial charge in [0.05, 0.1) is 0 Å². The second-order valence-electron chi connectivity index (χ2n) is 3.85. The molecular weight excluding hydrogens is 252 g/mol. The number of hydrogen-bond donors (Lipinski definition) is 1. The van der Waals surface area contributed by atoms with Gasteiger partial charge < -0.3 is 5.73 Å². The summed E-state index contributed by atoms with van der Waals surface area (Å²) in [5.74, 6) is -1.17. The highest BCUT2D eigenvalue weighted by Gasteiger charge is 2.07. The van der Waals surface area contributed by atoms with Gasteiger partial charge in [0, 0.05) is 22.8 Å².